The maximum Gasteiger partial charge on any atom is 0.422 e. The molecule has 0 amide bonds. The summed E-state index contributed by atoms with van der Waals surface area (Å²) >= 11 is 0. The molecule has 0 aliphatic rings. The Bertz CT molecular complexity index is 1050. The van der Waals surface area contributed by atoms with E-state index in [1.165, 1.54) is 0 Å². The molecule has 0 fully saturated rings. The molecule has 2 N–H and O–H groups in total. The number of halogens is 3. The molecule has 0 aliphatic heterocycles. The topological polar surface area (TPSA) is 154 Å². The standard InChI is InChI=1S/C13H7F3N6O5/c14-13(15,16)7-3-8(5-20(25)4-7)21-18-12(17-19-21)6-1-9(22(26)27)11(24)10(23)2-6/h1-5,23-24H. The molecule has 2 heterocycles. The number of phenolic OH excluding ortho intramolecular Hbond substituents is 2. The van der Waals surface area contributed by atoms with Gasteiger partial charge in [0.1, 0.15) is 5.56 Å². The van der Waals surface area contributed by atoms with Crippen LogP contribution in [-0.2, 0) is 6.18 Å². The lowest BCUT2D eigenvalue weighted by atomic mass is 10.1. The average Bonchev–Trinajstić information content (AvgIpc) is 3.05. The number of tetrazole rings is 1. The minimum Gasteiger partial charge on any atom is -0.619 e. The molecular formula is C13H7F3N6O5. The number of aromatic hydroxyl groups is 2. The summed E-state index contributed by atoms with van der Waals surface area (Å²) in [6.45, 7) is 0. The minimum absolute atomic E-state index is 0.0849. The second-order valence-corrected chi connectivity index (χ2v) is 5.16. The summed E-state index contributed by atoms with van der Waals surface area (Å²) in [6, 6.07) is 2.36. The maximum absolute atomic E-state index is 12.8. The van der Waals surface area contributed by atoms with Crippen molar-refractivity contribution < 1.29 is 33.0 Å². The highest BCUT2D eigenvalue weighted by Crippen LogP contribution is 2.38. The Kier molecular flexibility index (Phi) is 4.02. The number of hydrogen-bond donors (Lipinski definition) is 2. The molecule has 0 spiro atoms. The van der Waals surface area contributed by atoms with Gasteiger partial charge in [0.2, 0.25) is 17.8 Å². The number of nitro groups is 1. The molecule has 3 rings (SSSR count). The van der Waals surface area contributed by atoms with Gasteiger partial charge in [-0.3, -0.25) is 10.1 Å². The second kappa shape index (κ2) is 6.08. The normalized spacial score (nSPS) is 11.5. The fourth-order valence-corrected chi connectivity index (χ4v) is 2.11. The third kappa shape index (κ3) is 3.39. The highest BCUT2D eigenvalue weighted by Gasteiger charge is 2.34. The van der Waals surface area contributed by atoms with Gasteiger partial charge in [-0.1, -0.05) is 0 Å². The molecule has 0 unspecified atom stereocenters. The fourth-order valence-electron chi connectivity index (χ4n) is 2.11. The Morgan fingerprint density at radius 1 is 1.19 bits per heavy atom. The van der Waals surface area contributed by atoms with Crippen molar-refractivity contribution >= 4 is 5.69 Å². The van der Waals surface area contributed by atoms with Crippen molar-refractivity contribution in [3.63, 3.8) is 0 Å². The van der Waals surface area contributed by atoms with Gasteiger partial charge in [-0.05, 0) is 17.3 Å². The predicted molar refractivity (Wildman–Crippen MR) is 78.5 cm³/mol. The minimum atomic E-state index is -4.78. The van der Waals surface area contributed by atoms with E-state index in [0.29, 0.717) is 17.1 Å². The average molecular weight is 384 g/mol. The number of phenols is 2. The van der Waals surface area contributed by atoms with E-state index < -0.39 is 33.8 Å². The molecule has 0 saturated carbocycles. The van der Waals surface area contributed by atoms with Crippen molar-refractivity contribution in [3.8, 4) is 28.6 Å². The zero-order valence-electron chi connectivity index (χ0n) is 12.8. The molecule has 3 aromatic rings. The van der Waals surface area contributed by atoms with Gasteiger partial charge >= 0.3 is 11.9 Å². The van der Waals surface area contributed by atoms with Crippen LogP contribution < -0.4 is 4.73 Å². The number of nitrogens with zero attached hydrogens (tertiary/aromatic N) is 6. The number of rotatable bonds is 3. The van der Waals surface area contributed by atoms with Crippen molar-refractivity contribution in [1.82, 2.24) is 20.2 Å². The van der Waals surface area contributed by atoms with Crippen molar-refractivity contribution in [2.24, 2.45) is 0 Å². The van der Waals surface area contributed by atoms with Crippen LogP contribution in [0, 0.1) is 15.3 Å². The molecule has 1 aromatic carbocycles. The van der Waals surface area contributed by atoms with Gasteiger partial charge in [0.15, 0.2) is 17.6 Å². The van der Waals surface area contributed by atoms with Gasteiger partial charge in [-0.2, -0.15) is 17.9 Å². The van der Waals surface area contributed by atoms with E-state index in [2.05, 4.69) is 15.4 Å². The van der Waals surface area contributed by atoms with E-state index in [1.807, 2.05) is 0 Å². The maximum atomic E-state index is 12.8. The lowest BCUT2D eigenvalue weighted by molar-refractivity contribution is -0.606. The lowest BCUT2D eigenvalue weighted by Crippen LogP contribution is -2.29. The number of alkyl halides is 3. The number of benzene rings is 1. The predicted octanol–water partition coefficient (Wildman–Crippen LogP) is 1.30. The fraction of sp³-hybridized carbons (Fsp3) is 0.0769. The van der Waals surface area contributed by atoms with Crippen molar-refractivity contribution in [3.05, 3.63) is 51.5 Å². The summed E-state index contributed by atoms with van der Waals surface area (Å²) in [5, 5.41) is 52.1. The number of aromatic nitrogens is 5. The van der Waals surface area contributed by atoms with Crippen molar-refractivity contribution in [1.29, 1.82) is 0 Å². The molecule has 11 nitrogen and oxygen atoms in total. The molecule has 0 aliphatic carbocycles. The molecule has 0 saturated heterocycles. The van der Waals surface area contributed by atoms with Crippen molar-refractivity contribution in [2.75, 3.05) is 0 Å². The van der Waals surface area contributed by atoms with Gasteiger partial charge in [0.25, 0.3) is 0 Å². The third-order valence-electron chi connectivity index (χ3n) is 3.33. The number of nitro benzene ring substituents is 1. The quantitative estimate of drug-likeness (QED) is 0.225. The van der Waals surface area contributed by atoms with Crippen molar-refractivity contribution in [2.45, 2.75) is 6.18 Å². The Balaban J connectivity index is 2.06. The van der Waals surface area contributed by atoms with Crippen LogP contribution in [0.15, 0.2) is 30.6 Å². The first-order chi connectivity index (χ1) is 12.6. The second-order valence-electron chi connectivity index (χ2n) is 5.16. The molecule has 27 heavy (non-hydrogen) atoms. The smallest absolute Gasteiger partial charge is 0.422 e. The summed E-state index contributed by atoms with van der Waals surface area (Å²) in [4.78, 5) is 10.5. The van der Waals surface area contributed by atoms with Gasteiger partial charge in [-0.25, -0.2) is 0 Å². The van der Waals surface area contributed by atoms with Crippen LogP contribution in [0.3, 0.4) is 0 Å². The first kappa shape index (κ1) is 17.8. The van der Waals surface area contributed by atoms with Crippen LogP contribution in [0.2, 0.25) is 0 Å². The summed E-state index contributed by atoms with van der Waals surface area (Å²) in [6.07, 6.45) is -3.70. The first-order valence-corrected chi connectivity index (χ1v) is 6.88. The van der Waals surface area contributed by atoms with E-state index in [0.717, 1.165) is 18.3 Å². The van der Waals surface area contributed by atoms with Gasteiger partial charge < -0.3 is 15.4 Å². The van der Waals surface area contributed by atoms with Crippen LogP contribution in [0.4, 0.5) is 18.9 Å². The molecular weight excluding hydrogens is 377 g/mol. The number of pyridine rings is 1. The molecule has 140 valence electrons. The Labute approximate surface area is 146 Å². The zero-order chi connectivity index (χ0) is 19.9. The highest BCUT2D eigenvalue weighted by atomic mass is 19.4. The van der Waals surface area contributed by atoms with Gasteiger partial charge in [0.05, 0.1) is 4.92 Å². The van der Waals surface area contributed by atoms with E-state index in [1.54, 1.807) is 0 Å². The van der Waals surface area contributed by atoms with Crippen LogP contribution >= 0.6 is 0 Å². The van der Waals surface area contributed by atoms with Crippen LogP contribution in [0.1, 0.15) is 5.56 Å². The highest BCUT2D eigenvalue weighted by molar-refractivity contribution is 5.68. The van der Waals surface area contributed by atoms with E-state index >= 15 is 0 Å². The van der Waals surface area contributed by atoms with Crippen LogP contribution in [0.25, 0.3) is 17.1 Å². The molecule has 0 atom stereocenters. The zero-order valence-corrected chi connectivity index (χ0v) is 12.8. The Morgan fingerprint density at radius 3 is 2.52 bits per heavy atom. The molecule has 14 heteroatoms. The van der Waals surface area contributed by atoms with Gasteiger partial charge in [-0.15, -0.1) is 15.0 Å². The summed E-state index contributed by atoms with van der Waals surface area (Å²) in [7, 11) is 0. The van der Waals surface area contributed by atoms with E-state index in [-0.39, 0.29) is 21.8 Å². The molecule has 2 aromatic heterocycles. The third-order valence-corrected chi connectivity index (χ3v) is 3.33. The van der Waals surface area contributed by atoms with E-state index in [4.69, 9.17) is 0 Å². The summed E-state index contributed by atoms with van der Waals surface area (Å²) in [5.41, 5.74) is -2.58. The Hall–Kier alpha value is -3.97. The first-order valence-electron chi connectivity index (χ1n) is 6.88. The monoisotopic (exact) mass is 384 g/mol. The SMILES string of the molecule is O=[N+]([O-])c1cc(-c2nnn(-c3cc(C(F)(F)F)c[n+]([O-])c3)n2)cc(O)c1O. The van der Waals surface area contributed by atoms with Gasteiger partial charge in [0, 0.05) is 11.6 Å². The summed E-state index contributed by atoms with van der Waals surface area (Å²) in [5.74, 6) is -2.10. The summed E-state index contributed by atoms with van der Waals surface area (Å²) < 4.78 is 38.3. The number of hydrogen-bond acceptors (Lipinski definition) is 8. The van der Waals surface area contributed by atoms with Crippen LogP contribution in [0.5, 0.6) is 11.5 Å². The molecule has 0 bridgehead atoms. The van der Waals surface area contributed by atoms with E-state index in [9.17, 15) is 38.7 Å². The molecule has 0 radical (unpaired) electrons. The largest absolute Gasteiger partial charge is 0.619 e. The van der Waals surface area contributed by atoms with Crippen LogP contribution in [-0.4, -0.2) is 35.3 Å². The Morgan fingerprint density at radius 2 is 1.89 bits per heavy atom. The lowest BCUT2D eigenvalue weighted by Gasteiger charge is -2.07.